The summed E-state index contributed by atoms with van der Waals surface area (Å²) < 4.78 is 28.8. The molecule has 5 aromatic rings. The van der Waals surface area contributed by atoms with Gasteiger partial charge >= 0.3 is 5.97 Å². The maximum absolute atomic E-state index is 13.6. The van der Waals surface area contributed by atoms with Gasteiger partial charge in [0, 0.05) is 23.1 Å². The fourth-order valence-corrected chi connectivity index (χ4v) is 4.38. The zero-order valence-electron chi connectivity index (χ0n) is 20.6. The summed E-state index contributed by atoms with van der Waals surface area (Å²) in [5, 5.41) is 0.575. The first-order valence-corrected chi connectivity index (χ1v) is 12.1. The third-order valence-corrected chi connectivity index (χ3v) is 6.10. The third kappa shape index (κ3) is 4.24. The molecule has 0 spiro atoms. The van der Waals surface area contributed by atoms with Gasteiger partial charge in [0.25, 0.3) is 0 Å². The molecular formula is C31H22O7. The number of hydrogen-bond donors (Lipinski definition) is 0. The van der Waals surface area contributed by atoms with Crippen LogP contribution in [-0.4, -0.2) is 18.4 Å². The van der Waals surface area contributed by atoms with Crippen molar-refractivity contribution in [2.45, 2.75) is 13.8 Å². The minimum Gasteiger partial charge on any atom is -0.494 e. The number of hydrogen-bond acceptors (Lipinski definition) is 7. The number of aryl methyl sites for hydroxylation is 1. The number of ether oxygens (including phenoxy) is 3. The number of fused-ring (bicyclic) bond motifs is 2. The number of allylic oxidation sites excluding steroid dienone is 1. The lowest BCUT2D eigenvalue weighted by molar-refractivity contribution is 0.0736. The van der Waals surface area contributed by atoms with Crippen molar-refractivity contribution in [2.75, 3.05) is 6.61 Å². The molecule has 38 heavy (non-hydrogen) atoms. The second-order valence-electron chi connectivity index (χ2n) is 8.70. The van der Waals surface area contributed by atoms with Gasteiger partial charge in [-0.05, 0) is 56.3 Å². The van der Waals surface area contributed by atoms with Crippen molar-refractivity contribution in [3.05, 3.63) is 107 Å². The molecule has 0 unspecified atom stereocenters. The molecule has 1 aliphatic rings. The van der Waals surface area contributed by atoms with Crippen LogP contribution in [0.15, 0.2) is 93.5 Å². The molecule has 2 aromatic heterocycles. The standard InChI is InChI=1S/C31H22O7/c1-3-34-20-12-14-25-24(15-20)28(30(38-25)19-7-5-4-6-8-19)31(33)36-22-11-13-23-26(16-22)37-27(29(23)32)17-21-10-9-18(2)35-21/h4-17H,3H2,1-2H3/b27-17-. The van der Waals surface area contributed by atoms with Gasteiger partial charge in [-0.1, -0.05) is 30.3 Å². The molecule has 0 saturated carbocycles. The molecule has 6 rings (SSSR count). The first-order chi connectivity index (χ1) is 18.5. The number of Topliss-reactive ketones (excluding diaryl/α,β-unsaturated/α-hetero) is 1. The van der Waals surface area contributed by atoms with E-state index < -0.39 is 5.97 Å². The van der Waals surface area contributed by atoms with Crippen molar-refractivity contribution in [3.63, 3.8) is 0 Å². The molecule has 7 nitrogen and oxygen atoms in total. The molecule has 188 valence electrons. The summed E-state index contributed by atoms with van der Waals surface area (Å²) >= 11 is 0. The summed E-state index contributed by atoms with van der Waals surface area (Å²) in [6.07, 6.45) is 1.54. The van der Waals surface area contributed by atoms with Crippen molar-refractivity contribution in [2.24, 2.45) is 0 Å². The van der Waals surface area contributed by atoms with E-state index in [4.69, 9.17) is 23.0 Å². The molecule has 0 saturated heterocycles. The number of furan rings is 2. The number of benzene rings is 3. The molecule has 0 radical (unpaired) electrons. The van der Waals surface area contributed by atoms with E-state index in [2.05, 4.69) is 0 Å². The molecule has 0 atom stereocenters. The molecular weight excluding hydrogens is 484 g/mol. The molecule has 7 heteroatoms. The van der Waals surface area contributed by atoms with E-state index in [0.29, 0.717) is 46.2 Å². The Kier molecular flexibility index (Phi) is 5.81. The summed E-state index contributed by atoms with van der Waals surface area (Å²) in [5.41, 5.74) is 1.92. The summed E-state index contributed by atoms with van der Waals surface area (Å²) in [7, 11) is 0. The van der Waals surface area contributed by atoms with Crippen molar-refractivity contribution in [1.82, 2.24) is 0 Å². The Morgan fingerprint density at radius 1 is 0.921 bits per heavy atom. The fraction of sp³-hybridized carbons (Fsp3) is 0.0968. The normalized spacial score (nSPS) is 13.5. The van der Waals surface area contributed by atoms with Crippen LogP contribution in [-0.2, 0) is 0 Å². The Labute approximate surface area is 217 Å². The summed E-state index contributed by atoms with van der Waals surface area (Å²) in [6, 6.07) is 22.9. The van der Waals surface area contributed by atoms with Gasteiger partial charge in [0.05, 0.1) is 12.2 Å². The van der Waals surface area contributed by atoms with E-state index in [-0.39, 0.29) is 22.9 Å². The van der Waals surface area contributed by atoms with Crippen LogP contribution in [0, 0.1) is 6.92 Å². The van der Waals surface area contributed by atoms with E-state index in [1.807, 2.05) is 44.2 Å². The highest BCUT2D eigenvalue weighted by Gasteiger charge is 2.29. The second kappa shape index (κ2) is 9.44. The van der Waals surface area contributed by atoms with E-state index in [1.54, 1.807) is 48.5 Å². The van der Waals surface area contributed by atoms with Crippen LogP contribution in [0.4, 0.5) is 0 Å². The topological polar surface area (TPSA) is 88.1 Å². The summed E-state index contributed by atoms with van der Waals surface area (Å²) in [6.45, 7) is 4.19. The molecule has 3 aromatic carbocycles. The maximum atomic E-state index is 13.6. The van der Waals surface area contributed by atoms with Crippen LogP contribution in [0.3, 0.4) is 0 Å². The largest absolute Gasteiger partial charge is 0.494 e. The number of rotatable bonds is 6. The Morgan fingerprint density at radius 3 is 2.50 bits per heavy atom. The fourth-order valence-electron chi connectivity index (χ4n) is 4.38. The van der Waals surface area contributed by atoms with Gasteiger partial charge in [0.15, 0.2) is 5.76 Å². The van der Waals surface area contributed by atoms with Gasteiger partial charge in [-0.25, -0.2) is 4.79 Å². The van der Waals surface area contributed by atoms with Crippen LogP contribution in [0.25, 0.3) is 28.4 Å². The van der Waals surface area contributed by atoms with Gasteiger partial charge in [0.2, 0.25) is 5.78 Å². The third-order valence-electron chi connectivity index (χ3n) is 6.10. The quantitative estimate of drug-likeness (QED) is 0.136. The lowest BCUT2D eigenvalue weighted by Gasteiger charge is -2.07. The summed E-state index contributed by atoms with van der Waals surface area (Å²) in [4.78, 5) is 26.4. The molecule has 0 aliphatic carbocycles. The van der Waals surface area contributed by atoms with Gasteiger partial charge in [-0.3, -0.25) is 4.79 Å². The number of esters is 1. The van der Waals surface area contributed by atoms with Crippen LogP contribution >= 0.6 is 0 Å². The average molecular weight is 507 g/mol. The van der Waals surface area contributed by atoms with Crippen molar-refractivity contribution in [1.29, 1.82) is 0 Å². The van der Waals surface area contributed by atoms with E-state index in [1.165, 1.54) is 6.07 Å². The lowest BCUT2D eigenvalue weighted by atomic mass is 10.1. The Bertz CT molecular complexity index is 1720. The number of carbonyl (C=O) groups is 2. The number of ketones is 1. The highest BCUT2D eigenvalue weighted by Crippen LogP contribution is 2.38. The molecule has 0 bridgehead atoms. The monoisotopic (exact) mass is 506 g/mol. The predicted molar refractivity (Wildman–Crippen MR) is 141 cm³/mol. The zero-order valence-corrected chi connectivity index (χ0v) is 20.6. The highest BCUT2D eigenvalue weighted by atomic mass is 16.5. The van der Waals surface area contributed by atoms with Crippen molar-refractivity contribution < 1.29 is 32.6 Å². The smallest absolute Gasteiger partial charge is 0.348 e. The Balaban J connectivity index is 1.34. The molecule has 1 aliphatic heterocycles. The van der Waals surface area contributed by atoms with Gasteiger partial charge in [-0.2, -0.15) is 0 Å². The van der Waals surface area contributed by atoms with E-state index >= 15 is 0 Å². The van der Waals surface area contributed by atoms with Crippen LogP contribution in [0.1, 0.15) is 39.2 Å². The number of carbonyl (C=O) groups excluding carboxylic acids is 2. The van der Waals surface area contributed by atoms with Gasteiger partial charge in [0.1, 0.15) is 45.7 Å². The maximum Gasteiger partial charge on any atom is 0.348 e. The lowest BCUT2D eigenvalue weighted by Crippen LogP contribution is -2.09. The first kappa shape index (κ1) is 23.4. The van der Waals surface area contributed by atoms with Crippen LogP contribution in [0.2, 0.25) is 0 Å². The van der Waals surface area contributed by atoms with Crippen LogP contribution < -0.4 is 14.2 Å². The summed E-state index contributed by atoms with van der Waals surface area (Å²) in [5.74, 6) is 2.02. The average Bonchev–Trinajstić information content (AvgIpc) is 3.60. The first-order valence-electron chi connectivity index (χ1n) is 12.1. The van der Waals surface area contributed by atoms with Gasteiger partial charge < -0.3 is 23.0 Å². The van der Waals surface area contributed by atoms with Crippen LogP contribution in [0.5, 0.6) is 17.2 Å². The SMILES string of the molecule is CCOc1ccc2oc(-c3ccccc3)c(C(=O)Oc3ccc4c(c3)O/C(=C\c3ccc(C)o3)C4=O)c2c1. The minimum atomic E-state index is -0.609. The molecule has 0 N–H and O–H groups in total. The Morgan fingerprint density at radius 2 is 1.74 bits per heavy atom. The van der Waals surface area contributed by atoms with E-state index in [9.17, 15) is 9.59 Å². The van der Waals surface area contributed by atoms with Crippen molar-refractivity contribution in [3.8, 4) is 28.6 Å². The molecule has 3 heterocycles. The zero-order chi connectivity index (χ0) is 26.2. The predicted octanol–water partition coefficient (Wildman–Crippen LogP) is 7.24. The minimum absolute atomic E-state index is 0.133. The highest BCUT2D eigenvalue weighted by molar-refractivity contribution is 6.14. The molecule has 0 fully saturated rings. The second-order valence-corrected chi connectivity index (χ2v) is 8.70. The Hall–Kier alpha value is -5.04. The van der Waals surface area contributed by atoms with Gasteiger partial charge in [-0.15, -0.1) is 0 Å². The molecule has 0 amide bonds. The van der Waals surface area contributed by atoms with Crippen molar-refractivity contribution >= 4 is 28.8 Å². The van der Waals surface area contributed by atoms with E-state index in [0.717, 1.165) is 11.3 Å².